The zero-order chi connectivity index (χ0) is 12.6. The number of aromatic carboxylic acids is 1. The number of carbonyl (C=O) groups excluding carboxylic acids is 1. The van der Waals surface area contributed by atoms with E-state index in [4.69, 9.17) is 5.11 Å². The molecule has 7 heteroatoms. The van der Waals surface area contributed by atoms with Crippen LogP contribution in [0.4, 0.5) is 0 Å². The Kier molecular flexibility index (Phi) is 3.12. The molecule has 2 rings (SSSR count). The normalized spacial score (nSPS) is 10.5. The average molecular weight is 315 g/mol. The van der Waals surface area contributed by atoms with Gasteiger partial charge in [0, 0.05) is 0 Å². The summed E-state index contributed by atoms with van der Waals surface area (Å²) >= 11 is 4.58. The maximum absolute atomic E-state index is 12.0. The number of halogens is 1. The minimum atomic E-state index is -1.20. The molecular formula is C10H7BrN2O3S. The monoisotopic (exact) mass is 314 g/mol. The molecule has 0 radical (unpaired) electrons. The molecule has 0 unspecified atom stereocenters. The third kappa shape index (κ3) is 2.16. The van der Waals surface area contributed by atoms with Crippen molar-refractivity contribution in [3.8, 4) is 0 Å². The fourth-order valence-corrected chi connectivity index (χ4v) is 2.79. The second-order valence-corrected chi connectivity index (χ2v) is 5.70. The number of aromatic amines is 1. The Morgan fingerprint density at radius 3 is 2.76 bits per heavy atom. The van der Waals surface area contributed by atoms with Gasteiger partial charge in [0.2, 0.25) is 5.78 Å². The van der Waals surface area contributed by atoms with Crippen molar-refractivity contribution in [2.24, 2.45) is 0 Å². The van der Waals surface area contributed by atoms with Gasteiger partial charge in [0.15, 0.2) is 5.69 Å². The van der Waals surface area contributed by atoms with Gasteiger partial charge in [0.05, 0.1) is 15.0 Å². The number of nitrogens with one attached hydrogen (secondary N) is 1. The highest BCUT2D eigenvalue weighted by Gasteiger charge is 2.22. The molecule has 88 valence electrons. The lowest BCUT2D eigenvalue weighted by Crippen LogP contribution is -2.08. The summed E-state index contributed by atoms with van der Waals surface area (Å²) in [5.74, 6) is -1.58. The van der Waals surface area contributed by atoms with E-state index in [2.05, 4.69) is 25.9 Å². The Morgan fingerprint density at radius 1 is 1.53 bits per heavy atom. The van der Waals surface area contributed by atoms with Crippen LogP contribution in [-0.4, -0.2) is 26.8 Å². The van der Waals surface area contributed by atoms with Gasteiger partial charge in [-0.25, -0.2) is 9.78 Å². The van der Waals surface area contributed by atoms with Crippen LogP contribution in [0.5, 0.6) is 0 Å². The van der Waals surface area contributed by atoms with E-state index in [1.54, 1.807) is 6.07 Å². The van der Waals surface area contributed by atoms with Crippen molar-refractivity contribution in [1.29, 1.82) is 0 Å². The predicted molar refractivity (Wildman–Crippen MR) is 65.7 cm³/mol. The van der Waals surface area contributed by atoms with E-state index in [0.717, 1.165) is 9.35 Å². The van der Waals surface area contributed by atoms with Gasteiger partial charge in [-0.05, 0) is 34.5 Å². The number of rotatable bonds is 3. The van der Waals surface area contributed by atoms with Crippen LogP contribution < -0.4 is 0 Å². The van der Waals surface area contributed by atoms with Crippen LogP contribution in [0.2, 0.25) is 0 Å². The van der Waals surface area contributed by atoms with Gasteiger partial charge < -0.3 is 10.1 Å². The molecule has 0 saturated heterocycles. The molecule has 0 atom stereocenters. The maximum atomic E-state index is 12.0. The minimum Gasteiger partial charge on any atom is -0.477 e. The van der Waals surface area contributed by atoms with Crippen LogP contribution in [0.15, 0.2) is 16.2 Å². The number of hydrogen-bond donors (Lipinski definition) is 2. The van der Waals surface area contributed by atoms with Crippen molar-refractivity contribution >= 4 is 39.0 Å². The third-order valence-electron chi connectivity index (χ3n) is 2.15. The van der Waals surface area contributed by atoms with Gasteiger partial charge in [0.25, 0.3) is 0 Å². The SMILES string of the molecule is Cc1cc(C(=O)c2nc[nH]c2C(=O)O)sc1Br. The van der Waals surface area contributed by atoms with Gasteiger partial charge in [0.1, 0.15) is 5.69 Å². The van der Waals surface area contributed by atoms with Crippen LogP contribution in [0, 0.1) is 6.92 Å². The molecule has 0 saturated carbocycles. The summed E-state index contributed by atoms with van der Waals surface area (Å²) in [4.78, 5) is 29.6. The quantitative estimate of drug-likeness (QED) is 0.852. The lowest BCUT2D eigenvalue weighted by Gasteiger charge is -1.94. The summed E-state index contributed by atoms with van der Waals surface area (Å²) < 4.78 is 0.855. The third-order valence-corrected chi connectivity index (χ3v) is 4.28. The molecule has 2 aromatic heterocycles. The van der Waals surface area contributed by atoms with Crippen molar-refractivity contribution < 1.29 is 14.7 Å². The first-order valence-electron chi connectivity index (χ1n) is 4.58. The van der Waals surface area contributed by atoms with E-state index < -0.39 is 5.97 Å². The van der Waals surface area contributed by atoms with Crippen LogP contribution in [0.3, 0.4) is 0 Å². The molecule has 0 aliphatic heterocycles. The van der Waals surface area contributed by atoms with E-state index in [1.165, 1.54) is 17.7 Å². The molecule has 0 spiro atoms. The molecule has 2 heterocycles. The summed E-state index contributed by atoms with van der Waals surface area (Å²) in [6, 6.07) is 1.71. The number of H-pyrrole nitrogens is 1. The zero-order valence-electron chi connectivity index (χ0n) is 8.65. The highest BCUT2D eigenvalue weighted by molar-refractivity contribution is 9.11. The lowest BCUT2D eigenvalue weighted by atomic mass is 10.2. The van der Waals surface area contributed by atoms with Gasteiger partial charge in [-0.1, -0.05) is 0 Å². The zero-order valence-corrected chi connectivity index (χ0v) is 11.1. The highest BCUT2D eigenvalue weighted by Crippen LogP contribution is 2.29. The Labute approximate surface area is 109 Å². The molecule has 0 aliphatic rings. The first kappa shape index (κ1) is 12.0. The van der Waals surface area contributed by atoms with Gasteiger partial charge in [-0.2, -0.15) is 0 Å². The molecule has 2 aromatic rings. The first-order valence-corrected chi connectivity index (χ1v) is 6.19. The summed E-state index contributed by atoms with van der Waals surface area (Å²) in [6.07, 6.45) is 1.20. The molecule has 0 fully saturated rings. The number of ketones is 1. The fourth-order valence-electron chi connectivity index (χ4n) is 1.32. The van der Waals surface area contributed by atoms with Crippen LogP contribution in [0.1, 0.15) is 31.4 Å². The average Bonchev–Trinajstić information content (AvgIpc) is 2.85. The molecule has 0 aromatic carbocycles. The number of nitrogens with zero attached hydrogens (tertiary/aromatic N) is 1. The number of imidazole rings is 1. The molecule has 0 amide bonds. The van der Waals surface area contributed by atoms with Crippen molar-refractivity contribution in [3.05, 3.63) is 38.0 Å². The Morgan fingerprint density at radius 2 is 2.24 bits per heavy atom. The summed E-state index contributed by atoms with van der Waals surface area (Å²) in [6.45, 7) is 1.86. The van der Waals surface area contributed by atoms with Crippen molar-refractivity contribution in [1.82, 2.24) is 9.97 Å². The van der Waals surface area contributed by atoms with E-state index in [-0.39, 0.29) is 17.2 Å². The van der Waals surface area contributed by atoms with E-state index >= 15 is 0 Å². The van der Waals surface area contributed by atoms with Gasteiger partial charge >= 0.3 is 5.97 Å². The molecule has 5 nitrogen and oxygen atoms in total. The Balaban J connectivity index is 2.44. The van der Waals surface area contributed by atoms with Gasteiger partial charge in [-0.15, -0.1) is 11.3 Å². The van der Waals surface area contributed by atoms with Crippen LogP contribution in [0.25, 0.3) is 0 Å². The molecule has 17 heavy (non-hydrogen) atoms. The van der Waals surface area contributed by atoms with Crippen molar-refractivity contribution in [2.45, 2.75) is 6.92 Å². The molecule has 0 aliphatic carbocycles. The lowest BCUT2D eigenvalue weighted by molar-refractivity contribution is 0.0687. The fraction of sp³-hybridized carbons (Fsp3) is 0.100. The second kappa shape index (κ2) is 4.42. The number of aryl methyl sites for hydroxylation is 1. The highest BCUT2D eigenvalue weighted by atomic mass is 79.9. The summed E-state index contributed by atoms with van der Waals surface area (Å²) in [5, 5.41) is 8.88. The second-order valence-electron chi connectivity index (χ2n) is 3.33. The van der Waals surface area contributed by atoms with Gasteiger partial charge in [-0.3, -0.25) is 4.79 Å². The van der Waals surface area contributed by atoms with Crippen LogP contribution >= 0.6 is 27.3 Å². The number of carboxylic acid groups (broad SMARTS) is 1. The number of hydrogen-bond acceptors (Lipinski definition) is 4. The maximum Gasteiger partial charge on any atom is 0.354 e. The van der Waals surface area contributed by atoms with Crippen LogP contribution in [-0.2, 0) is 0 Å². The molecular weight excluding hydrogens is 308 g/mol. The predicted octanol–water partition coefficient (Wildman–Crippen LogP) is 2.47. The van der Waals surface area contributed by atoms with Crippen molar-refractivity contribution in [3.63, 3.8) is 0 Å². The number of carboxylic acids is 1. The molecule has 2 N–H and O–H groups in total. The van der Waals surface area contributed by atoms with E-state index in [9.17, 15) is 9.59 Å². The van der Waals surface area contributed by atoms with Crippen molar-refractivity contribution in [2.75, 3.05) is 0 Å². The standard InChI is InChI=1S/C10H7BrN2O3S/c1-4-2-5(17-9(4)11)8(14)6-7(10(15)16)13-3-12-6/h2-3H,1H3,(H,12,13)(H,15,16). The Hall–Kier alpha value is -1.47. The number of aromatic nitrogens is 2. The summed E-state index contributed by atoms with van der Waals surface area (Å²) in [7, 11) is 0. The topological polar surface area (TPSA) is 83.0 Å². The molecule has 0 bridgehead atoms. The largest absolute Gasteiger partial charge is 0.477 e. The van der Waals surface area contributed by atoms with E-state index in [1.807, 2.05) is 6.92 Å². The summed E-state index contributed by atoms with van der Waals surface area (Å²) in [5.41, 5.74) is 0.689. The minimum absolute atomic E-state index is 0.0637. The number of thiophene rings is 1. The Bertz CT molecular complexity index is 583. The number of carbonyl (C=O) groups is 2. The first-order chi connectivity index (χ1) is 8.00. The smallest absolute Gasteiger partial charge is 0.354 e. The van der Waals surface area contributed by atoms with E-state index in [0.29, 0.717) is 4.88 Å².